The number of hydrogen-bond donors (Lipinski definition) is 0. The molecule has 236 valence electrons. The molecule has 1 saturated heterocycles. The summed E-state index contributed by atoms with van der Waals surface area (Å²) in [4.78, 5) is 35.7. The van der Waals surface area contributed by atoms with Crippen LogP contribution >= 0.6 is 22.9 Å². The molecule has 10 nitrogen and oxygen atoms in total. The van der Waals surface area contributed by atoms with Crippen LogP contribution in [0.5, 0.6) is 6.01 Å². The normalized spacial score (nSPS) is 23.1. The van der Waals surface area contributed by atoms with Gasteiger partial charge in [-0.15, -0.1) is 11.3 Å². The van der Waals surface area contributed by atoms with Crippen LogP contribution in [0.1, 0.15) is 47.9 Å². The van der Waals surface area contributed by atoms with Crippen LogP contribution in [-0.2, 0) is 17.8 Å². The number of ether oxygens (including phenoxy) is 1. The number of fused-ring (bicyclic) bond motifs is 1. The molecule has 3 aromatic rings. The number of rotatable bonds is 9. The molecule has 2 aromatic heterocycles. The summed E-state index contributed by atoms with van der Waals surface area (Å²) in [6.07, 6.45) is 7.20. The van der Waals surface area contributed by atoms with Crippen molar-refractivity contribution in [3.8, 4) is 12.1 Å². The minimum Gasteiger partial charge on any atom is -0.461 e. The molecule has 3 aliphatic rings. The van der Waals surface area contributed by atoms with E-state index in [1.807, 2.05) is 35.8 Å². The Labute approximate surface area is 273 Å². The van der Waals surface area contributed by atoms with Crippen molar-refractivity contribution in [3.05, 3.63) is 69.8 Å². The van der Waals surface area contributed by atoms with Gasteiger partial charge in [0, 0.05) is 49.2 Å². The first kappa shape index (κ1) is 31.3. The fourth-order valence-electron chi connectivity index (χ4n) is 6.98. The number of benzene rings is 1. The Kier molecular flexibility index (Phi) is 9.26. The van der Waals surface area contributed by atoms with Gasteiger partial charge < -0.3 is 24.3 Å². The molecule has 2 aliphatic heterocycles. The summed E-state index contributed by atoms with van der Waals surface area (Å²) in [5, 5.41) is 13.5. The van der Waals surface area contributed by atoms with E-state index in [-0.39, 0.29) is 23.9 Å². The summed E-state index contributed by atoms with van der Waals surface area (Å²) in [5.74, 6) is 1.08. The molecule has 2 unspecified atom stereocenters. The van der Waals surface area contributed by atoms with E-state index in [0.717, 1.165) is 55.0 Å². The maximum atomic E-state index is 12.6. The number of para-hydroxylation sites is 1. The largest absolute Gasteiger partial charge is 0.461 e. The molecule has 0 spiro atoms. The SMILES string of the molecule is C=CC(=O)N1CCN(c2nc(OCC3(N(C)C)CCC(c4nccs4)C3)nc3c2CCN(c2ccccc2Cl)C3)C[C@@H]1CC#N. The molecule has 2 fully saturated rings. The van der Waals surface area contributed by atoms with Crippen molar-refractivity contribution in [1.29, 1.82) is 5.26 Å². The Morgan fingerprint density at radius 1 is 1.27 bits per heavy atom. The Hall–Kier alpha value is -3.72. The number of aromatic nitrogens is 3. The maximum Gasteiger partial charge on any atom is 0.318 e. The summed E-state index contributed by atoms with van der Waals surface area (Å²) in [6.45, 7) is 7.05. The van der Waals surface area contributed by atoms with E-state index in [1.165, 1.54) is 11.1 Å². The zero-order valence-corrected chi connectivity index (χ0v) is 27.4. The smallest absolute Gasteiger partial charge is 0.318 e. The first-order chi connectivity index (χ1) is 21.8. The average molecular weight is 647 g/mol. The molecule has 45 heavy (non-hydrogen) atoms. The second-order valence-corrected chi connectivity index (χ2v) is 13.6. The lowest BCUT2D eigenvalue weighted by molar-refractivity contribution is -0.128. The monoisotopic (exact) mass is 646 g/mol. The van der Waals surface area contributed by atoms with Gasteiger partial charge in [0.05, 0.1) is 52.0 Å². The van der Waals surface area contributed by atoms with Crippen molar-refractivity contribution >= 4 is 40.4 Å². The second-order valence-electron chi connectivity index (χ2n) is 12.3. The number of likely N-dealkylation sites (N-methyl/N-ethyl adjacent to an activating group) is 1. The maximum absolute atomic E-state index is 12.6. The van der Waals surface area contributed by atoms with Crippen LogP contribution < -0.4 is 14.5 Å². The van der Waals surface area contributed by atoms with Crippen LogP contribution in [0.4, 0.5) is 11.5 Å². The molecular weight excluding hydrogens is 608 g/mol. The number of nitrogens with zero attached hydrogens (tertiary/aromatic N) is 8. The molecule has 0 N–H and O–H groups in total. The Morgan fingerprint density at radius 2 is 2.11 bits per heavy atom. The topological polar surface area (TPSA) is 102 Å². The standard InChI is InChI=1S/C33H39ClN8O2S/c1-4-29(43)42-17-16-41(20-24(42)10-13-35)30-25-11-15-40(28-8-6-5-7-26(28)34)21-27(25)37-32(38-30)44-22-33(39(2)3)12-9-23(19-33)31-36-14-18-45-31/h4-8,14,18,23-24H,1,9-12,15-17,19-22H2,2-3H3/t23?,24-,33?/m0/s1. The summed E-state index contributed by atoms with van der Waals surface area (Å²) in [5.41, 5.74) is 2.81. The summed E-state index contributed by atoms with van der Waals surface area (Å²) < 4.78 is 6.55. The van der Waals surface area contributed by atoms with Crippen molar-refractivity contribution in [2.45, 2.75) is 56.1 Å². The molecule has 1 saturated carbocycles. The summed E-state index contributed by atoms with van der Waals surface area (Å²) in [6, 6.07) is 10.2. The lowest BCUT2D eigenvalue weighted by atomic mass is 9.95. The third-order valence-electron chi connectivity index (χ3n) is 9.59. The van der Waals surface area contributed by atoms with Crippen molar-refractivity contribution in [2.75, 3.05) is 56.7 Å². The van der Waals surface area contributed by atoms with E-state index in [1.54, 1.807) is 16.2 Å². The molecule has 1 aromatic carbocycles. The Bertz CT molecular complexity index is 1580. The number of amides is 1. The molecule has 1 aliphatic carbocycles. The van der Waals surface area contributed by atoms with Gasteiger partial charge in [-0.3, -0.25) is 4.79 Å². The fourth-order valence-corrected chi connectivity index (χ4v) is 8.01. The van der Waals surface area contributed by atoms with Crippen molar-refractivity contribution < 1.29 is 9.53 Å². The number of carbonyl (C=O) groups is 1. The zero-order chi connectivity index (χ0) is 31.6. The highest BCUT2D eigenvalue weighted by atomic mass is 35.5. The van der Waals surface area contributed by atoms with E-state index in [4.69, 9.17) is 26.3 Å². The van der Waals surface area contributed by atoms with Crippen molar-refractivity contribution in [2.24, 2.45) is 0 Å². The van der Waals surface area contributed by atoms with E-state index in [2.05, 4.69) is 46.4 Å². The first-order valence-corrected chi connectivity index (χ1v) is 16.7. The van der Waals surface area contributed by atoms with Gasteiger partial charge >= 0.3 is 6.01 Å². The van der Waals surface area contributed by atoms with Crippen LogP contribution in [0.3, 0.4) is 0 Å². The Balaban J connectivity index is 1.30. The van der Waals surface area contributed by atoms with Gasteiger partial charge in [-0.1, -0.05) is 30.3 Å². The summed E-state index contributed by atoms with van der Waals surface area (Å²) in [7, 11) is 4.24. The third kappa shape index (κ3) is 6.37. The number of thiazole rings is 1. The predicted molar refractivity (Wildman–Crippen MR) is 177 cm³/mol. The quantitative estimate of drug-likeness (QED) is 0.300. The number of piperazine rings is 1. The number of nitriles is 1. The summed E-state index contributed by atoms with van der Waals surface area (Å²) >= 11 is 8.32. The highest BCUT2D eigenvalue weighted by Crippen LogP contribution is 2.44. The highest BCUT2D eigenvalue weighted by molar-refractivity contribution is 7.09. The zero-order valence-electron chi connectivity index (χ0n) is 25.9. The van der Waals surface area contributed by atoms with E-state index >= 15 is 0 Å². The lowest BCUT2D eigenvalue weighted by Crippen LogP contribution is -2.55. The number of hydrogen-bond acceptors (Lipinski definition) is 10. The fraction of sp³-hybridized carbons (Fsp3) is 0.485. The minimum absolute atomic E-state index is 0.152. The molecule has 12 heteroatoms. The lowest BCUT2D eigenvalue weighted by Gasteiger charge is -2.42. The molecule has 6 rings (SSSR count). The van der Waals surface area contributed by atoms with Gasteiger partial charge in [-0.2, -0.15) is 15.2 Å². The molecular formula is C33H39ClN8O2S. The van der Waals surface area contributed by atoms with Crippen LogP contribution in [0, 0.1) is 11.3 Å². The van der Waals surface area contributed by atoms with Gasteiger partial charge in [0.15, 0.2) is 0 Å². The van der Waals surface area contributed by atoms with Gasteiger partial charge in [-0.05, 0) is 58.0 Å². The number of halogens is 1. The third-order valence-corrected chi connectivity index (χ3v) is 10.8. The molecule has 4 heterocycles. The van der Waals surface area contributed by atoms with E-state index in [0.29, 0.717) is 49.7 Å². The second kappa shape index (κ2) is 13.3. The van der Waals surface area contributed by atoms with Crippen LogP contribution in [0.25, 0.3) is 0 Å². The van der Waals surface area contributed by atoms with Crippen LogP contribution in [0.15, 0.2) is 48.5 Å². The van der Waals surface area contributed by atoms with E-state index in [9.17, 15) is 10.1 Å². The predicted octanol–water partition coefficient (Wildman–Crippen LogP) is 4.91. The van der Waals surface area contributed by atoms with Crippen molar-refractivity contribution in [3.63, 3.8) is 0 Å². The van der Waals surface area contributed by atoms with Gasteiger partial charge in [0.1, 0.15) is 12.4 Å². The number of anilines is 2. The van der Waals surface area contributed by atoms with Crippen molar-refractivity contribution in [1.82, 2.24) is 24.8 Å². The van der Waals surface area contributed by atoms with Gasteiger partial charge in [0.25, 0.3) is 0 Å². The molecule has 3 atom stereocenters. The van der Waals surface area contributed by atoms with Crippen LogP contribution in [0.2, 0.25) is 5.02 Å². The highest BCUT2D eigenvalue weighted by Gasteiger charge is 2.43. The average Bonchev–Trinajstić information content (AvgIpc) is 3.75. The van der Waals surface area contributed by atoms with Gasteiger partial charge in [0.2, 0.25) is 5.91 Å². The molecule has 0 radical (unpaired) electrons. The Morgan fingerprint density at radius 3 is 2.84 bits per heavy atom. The minimum atomic E-state index is -0.259. The number of carbonyl (C=O) groups excluding carboxylic acids is 1. The van der Waals surface area contributed by atoms with Crippen LogP contribution in [-0.4, -0.2) is 89.1 Å². The van der Waals surface area contributed by atoms with E-state index < -0.39 is 0 Å². The first-order valence-electron chi connectivity index (χ1n) is 15.5. The molecule has 0 bridgehead atoms. The molecule has 1 amide bonds. The van der Waals surface area contributed by atoms with Gasteiger partial charge in [-0.25, -0.2) is 4.98 Å².